The smallest absolute Gasteiger partial charge is 0.480 e. The van der Waals surface area contributed by atoms with Crippen molar-refractivity contribution in [2.24, 2.45) is 0 Å². The summed E-state index contributed by atoms with van der Waals surface area (Å²) in [5.41, 5.74) is -12.4. The number of nitrogens with zero attached hydrogens (tertiary/aromatic N) is 2. The van der Waals surface area contributed by atoms with Crippen LogP contribution < -0.4 is 5.32 Å². The Hall–Kier alpha value is -1.70. The molecule has 1 aliphatic heterocycles. The van der Waals surface area contributed by atoms with Gasteiger partial charge in [0.1, 0.15) is 12.1 Å². The molecule has 11 nitrogen and oxygen atoms in total. The second kappa shape index (κ2) is 11.8. The number of esters is 1. The van der Waals surface area contributed by atoms with Crippen molar-refractivity contribution >= 4 is 32.0 Å². The summed E-state index contributed by atoms with van der Waals surface area (Å²) in [5, 5.41) is 11.7. The summed E-state index contributed by atoms with van der Waals surface area (Å²) in [6.07, 6.45) is 2.21. The topological polar surface area (TPSA) is 158 Å². The number of aliphatic carboxylic acids is 1. The number of likely N-dealkylation sites (N-methyl/N-ethyl adjacent to an activating group) is 1. The molecule has 19 heteroatoms. The number of halogens is 6. The van der Waals surface area contributed by atoms with Crippen molar-refractivity contribution in [3.05, 3.63) is 4.13 Å². The molecule has 1 aliphatic rings. The van der Waals surface area contributed by atoms with E-state index in [0.717, 1.165) is 23.5 Å². The third-order valence-corrected chi connectivity index (χ3v) is 6.88. The summed E-state index contributed by atoms with van der Waals surface area (Å²) < 4.78 is 115. The fourth-order valence-corrected chi connectivity index (χ4v) is 4.14. The second-order valence-electron chi connectivity index (χ2n) is 7.73. The second-order valence-corrected chi connectivity index (χ2v) is 11.2. The van der Waals surface area contributed by atoms with Crippen LogP contribution in [0.5, 0.6) is 0 Å². The maximum absolute atomic E-state index is 11.8. The van der Waals surface area contributed by atoms with Gasteiger partial charge in [-0.25, -0.2) is 21.6 Å². The molecule has 0 amide bonds. The number of nitrogens with one attached hydrogen (secondary N) is 1. The zero-order valence-corrected chi connectivity index (χ0v) is 19.8. The fourth-order valence-electron chi connectivity index (χ4n) is 2.43. The highest BCUT2D eigenvalue weighted by Crippen LogP contribution is 2.36. The number of carboxylic acid groups (broad SMARTS) is 1. The van der Waals surface area contributed by atoms with Crippen molar-refractivity contribution in [3.8, 4) is 0 Å². The van der Waals surface area contributed by atoms with E-state index in [1.54, 1.807) is 0 Å². The zero-order chi connectivity index (χ0) is 27.2. The third-order valence-electron chi connectivity index (χ3n) is 4.14. The number of quaternary nitrogens is 1. The van der Waals surface area contributed by atoms with Crippen LogP contribution in [0.1, 0.15) is 26.2 Å². The van der Waals surface area contributed by atoms with Crippen LogP contribution in [0.3, 0.4) is 0 Å². The number of hydrogen-bond donors (Lipinski definition) is 2. The van der Waals surface area contributed by atoms with Crippen LogP contribution in [0.4, 0.5) is 26.3 Å². The SMILES string of the molecule is CCCC[N+](C)(C)CC(=O)O[C@H]1CN[C@H](C(=O)O)C1.O=S(=O)([N-]S(=O)(=O)C(F)(F)F)C(F)(F)F. The van der Waals surface area contributed by atoms with E-state index in [1.807, 2.05) is 14.1 Å². The number of rotatable bonds is 9. The van der Waals surface area contributed by atoms with Crippen LogP contribution in [0.15, 0.2) is 0 Å². The number of carboxylic acids is 1. The first-order valence-electron chi connectivity index (χ1n) is 9.39. The van der Waals surface area contributed by atoms with Gasteiger partial charge in [0.2, 0.25) is 0 Å². The lowest BCUT2D eigenvalue weighted by atomic mass is 10.2. The van der Waals surface area contributed by atoms with E-state index in [2.05, 4.69) is 12.2 Å². The van der Waals surface area contributed by atoms with E-state index in [9.17, 15) is 52.8 Å². The van der Waals surface area contributed by atoms with Gasteiger partial charge < -0.3 is 23.8 Å². The number of alkyl halides is 6. The number of ether oxygens (including phenoxy) is 1. The standard InChI is InChI=1S/C13H24N2O4.C2F6NO4S2/c1-4-5-6-15(2,3)9-12(16)19-10-7-11(13(17)18)14-8-10;3-1(4,5)14(10,11)9-15(12,13)2(6,7)8/h10-11,14H,4-9H2,1-3H3;/q;-1/p+1/t10-,11+;/m1./s1. The lowest BCUT2D eigenvalue weighted by Gasteiger charge is -2.28. The van der Waals surface area contributed by atoms with E-state index in [0.29, 0.717) is 24.0 Å². The Balaban J connectivity index is 0.000000661. The molecule has 0 aromatic rings. The van der Waals surface area contributed by atoms with Gasteiger partial charge in [0.15, 0.2) is 26.6 Å². The molecule has 1 heterocycles. The number of carbonyl (C=O) groups excluding carboxylic acids is 1. The Morgan fingerprint density at radius 2 is 1.53 bits per heavy atom. The van der Waals surface area contributed by atoms with E-state index >= 15 is 0 Å². The lowest BCUT2D eigenvalue weighted by molar-refractivity contribution is -0.883. The quantitative estimate of drug-likeness (QED) is 0.244. The molecular weight excluding hydrogens is 528 g/mol. The molecule has 2 atom stereocenters. The van der Waals surface area contributed by atoms with Gasteiger partial charge in [-0.05, 0) is 6.42 Å². The molecular formula is C15H25F6N3O8S2. The van der Waals surface area contributed by atoms with Gasteiger partial charge in [-0.1, -0.05) is 13.3 Å². The zero-order valence-electron chi connectivity index (χ0n) is 18.2. The minimum atomic E-state index is -6.72. The average molecular weight is 554 g/mol. The molecule has 1 rings (SSSR count). The summed E-state index contributed by atoms with van der Waals surface area (Å²) >= 11 is 0. The Morgan fingerprint density at radius 3 is 1.88 bits per heavy atom. The van der Waals surface area contributed by atoms with Gasteiger partial charge >= 0.3 is 23.0 Å². The van der Waals surface area contributed by atoms with Crippen LogP contribution in [0.2, 0.25) is 0 Å². The highest BCUT2D eigenvalue weighted by atomic mass is 32.3. The summed E-state index contributed by atoms with van der Waals surface area (Å²) in [6, 6.07) is -0.597. The van der Waals surface area contributed by atoms with Crippen LogP contribution in [0, 0.1) is 0 Å². The molecule has 0 aromatic carbocycles. The lowest BCUT2D eigenvalue weighted by Crippen LogP contribution is -2.45. The monoisotopic (exact) mass is 553 g/mol. The van der Waals surface area contributed by atoms with Crippen LogP contribution >= 0.6 is 0 Å². The Bertz CT molecular complexity index is 877. The largest absolute Gasteiger partial charge is 0.480 e. The normalized spacial score (nSPS) is 19.8. The molecule has 0 radical (unpaired) electrons. The van der Waals surface area contributed by atoms with Crippen LogP contribution in [0.25, 0.3) is 4.13 Å². The molecule has 202 valence electrons. The van der Waals surface area contributed by atoms with Gasteiger partial charge in [0.25, 0.3) is 0 Å². The predicted molar refractivity (Wildman–Crippen MR) is 104 cm³/mol. The number of carbonyl (C=O) groups is 2. The molecule has 0 unspecified atom stereocenters. The van der Waals surface area contributed by atoms with Crippen LogP contribution in [-0.2, 0) is 34.4 Å². The van der Waals surface area contributed by atoms with Crippen molar-refractivity contribution in [3.63, 3.8) is 0 Å². The number of unbranched alkanes of at least 4 members (excludes halogenated alkanes) is 1. The molecule has 1 saturated heterocycles. The van der Waals surface area contributed by atoms with E-state index in [-0.39, 0.29) is 12.1 Å². The first kappa shape index (κ1) is 32.3. The van der Waals surface area contributed by atoms with Crippen molar-refractivity contribution < 1.29 is 67.1 Å². The molecule has 0 saturated carbocycles. The Morgan fingerprint density at radius 1 is 1.06 bits per heavy atom. The summed E-state index contributed by atoms with van der Waals surface area (Å²) in [7, 11) is -9.44. The average Bonchev–Trinajstić information content (AvgIpc) is 3.06. The molecule has 1 fully saturated rings. The van der Waals surface area contributed by atoms with Crippen LogP contribution in [-0.4, -0.2) is 95.3 Å². The summed E-state index contributed by atoms with van der Waals surface area (Å²) in [6.45, 7) is 3.81. The number of sulfonamides is 2. The highest BCUT2D eigenvalue weighted by molar-refractivity contribution is 8.13. The number of hydrogen-bond acceptors (Lipinski definition) is 8. The maximum Gasteiger partial charge on any atom is 0.480 e. The van der Waals surface area contributed by atoms with E-state index < -0.39 is 43.1 Å². The Kier molecular flexibility index (Phi) is 11.2. The maximum atomic E-state index is 11.8. The van der Waals surface area contributed by atoms with E-state index in [1.165, 1.54) is 0 Å². The van der Waals surface area contributed by atoms with Gasteiger partial charge in [-0.2, -0.15) is 26.3 Å². The molecule has 0 aliphatic carbocycles. The van der Waals surface area contributed by atoms with Crippen molar-refractivity contribution in [1.82, 2.24) is 5.32 Å². The summed E-state index contributed by atoms with van der Waals surface area (Å²) in [4.78, 5) is 22.6. The molecule has 2 N–H and O–H groups in total. The van der Waals surface area contributed by atoms with E-state index in [4.69, 9.17) is 9.84 Å². The van der Waals surface area contributed by atoms with Crippen molar-refractivity contribution in [2.75, 3.05) is 33.7 Å². The fraction of sp³-hybridized carbons (Fsp3) is 0.867. The first-order valence-corrected chi connectivity index (χ1v) is 12.3. The van der Waals surface area contributed by atoms with Gasteiger partial charge in [0, 0.05) is 13.0 Å². The minimum Gasteiger partial charge on any atom is -0.480 e. The molecule has 0 bridgehead atoms. The summed E-state index contributed by atoms with van der Waals surface area (Å²) in [5.74, 6) is -1.14. The molecule has 0 spiro atoms. The van der Waals surface area contributed by atoms with Crippen molar-refractivity contribution in [2.45, 2.75) is 49.3 Å². The molecule has 0 aromatic heterocycles. The third kappa shape index (κ3) is 10.7. The minimum absolute atomic E-state index is 0.251. The van der Waals surface area contributed by atoms with Gasteiger partial charge in [-0.15, -0.1) is 0 Å². The highest BCUT2D eigenvalue weighted by Gasteiger charge is 2.47. The predicted octanol–water partition coefficient (Wildman–Crippen LogP) is 1.28. The van der Waals surface area contributed by atoms with Gasteiger partial charge in [-0.3, -0.25) is 4.79 Å². The Labute approximate surface area is 192 Å². The molecule has 34 heavy (non-hydrogen) atoms. The first-order chi connectivity index (χ1) is 15.0. The van der Waals surface area contributed by atoms with Crippen molar-refractivity contribution in [1.29, 1.82) is 0 Å². The van der Waals surface area contributed by atoms with Gasteiger partial charge in [0.05, 0.1) is 20.6 Å².